The van der Waals surface area contributed by atoms with Gasteiger partial charge in [0.05, 0.1) is 6.61 Å². The van der Waals surface area contributed by atoms with Crippen LogP contribution in [0.1, 0.15) is 348 Å². The van der Waals surface area contributed by atoms with Gasteiger partial charge in [0.25, 0.3) is 0 Å². The summed E-state index contributed by atoms with van der Waals surface area (Å²) in [5.74, 6) is -0.586. The quantitative estimate of drug-likeness (QED) is 0.0373. The molecule has 0 amide bonds. The maximum atomic E-state index is 12.3. The molecular weight excluding hydrogens is 957 g/mol. The molecule has 452 valence electrons. The number of allylic oxidation sites excluding steroid dienone is 14. The van der Waals surface area contributed by atoms with Crippen molar-refractivity contribution in [2.45, 2.75) is 354 Å². The summed E-state index contributed by atoms with van der Waals surface area (Å²) in [6.45, 7) is 4.05. The lowest BCUT2D eigenvalue weighted by molar-refractivity contribution is -0.161. The highest BCUT2D eigenvalue weighted by molar-refractivity contribution is 5.70. The summed E-state index contributed by atoms with van der Waals surface area (Å²) in [5, 5.41) is 9.69. The number of aliphatic hydroxyl groups is 1. The third-order valence-corrected chi connectivity index (χ3v) is 15.2. The molecule has 0 fully saturated rings. The largest absolute Gasteiger partial charge is 0.462 e. The summed E-state index contributed by atoms with van der Waals surface area (Å²) >= 11 is 0. The van der Waals surface area contributed by atoms with Crippen molar-refractivity contribution in [2.75, 3.05) is 13.2 Å². The second kappa shape index (κ2) is 68.4. The fourth-order valence-corrected chi connectivity index (χ4v) is 10.1. The minimum Gasteiger partial charge on any atom is -0.462 e. The molecule has 0 aliphatic heterocycles. The van der Waals surface area contributed by atoms with Crippen molar-refractivity contribution in [3.63, 3.8) is 0 Å². The van der Waals surface area contributed by atoms with Gasteiger partial charge in [-0.3, -0.25) is 9.59 Å². The number of carbonyl (C=O) groups is 2. The number of ether oxygens (including phenoxy) is 2. The Kier molecular flexibility index (Phi) is 65.8. The van der Waals surface area contributed by atoms with E-state index in [0.717, 1.165) is 77.0 Å². The Bertz CT molecular complexity index is 1420. The molecule has 0 saturated heterocycles. The fourth-order valence-electron chi connectivity index (χ4n) is 10.1. The minimum absolute atomic E-state index is 0.0680. The minimum atomic E-state index is -0.779. The standard InChI is InChI=1S/C73H130O5/c1-3-5-7-9-11-13-15-17-19-21-23-25-27-29-30-31-32-33-34-35-36-37-38-39-40-41-42-44-45-47-49-51-53-55-57-59-61-63-65-67-72(75)77-70-71(69-74)78-73(76)68-66-64-62-60-58-56-54-52-50-48-46-43-28-26-24-22-20-18-16-14-12-10-8-6-4-2/h6,8,12,14-15,17-18,20-21,23-24,26,43,46,71,74H,3-5,7,9-11,13,16,19,22,25,27-42,44-45,47-70H2,1-2H3/b8-6-,14-12-,17-15-,20-18-,23-21-,26-24-,46-43-. The molecule has 0 rings (SSSR count). The second-order valence-electron chi connectivity index (χ2n) is 22.9. The first kappa shape index (κ1) is 75.1. The van der Waals surface area contributed by atoms with Gasteiger partial charge in [-0.25, -0.2) is 0 Å². The summed E-state index contributed by atoms with van der Waals surface area (Å²) in [5.41, 5.74) is 0. The molecule has 0 aliphatic rings. The van der Waals surface area contributed by atoms with Gasteiger partial charge in [0.15, 0.2) is 6.10 Å². The molecule has 0 bridgehead atoms. The summed E-state index contributed by atoms with van der Waals surface area (Å²) in [6.07, 6.45) is 96.2. The number of esters is 2. The van der Waals surface area contributed by atoms with Gasteiger partial charge in [0.1, 0.15) is 6.61 Å². The van der Waals surface area contributed by atoms with Gasteiger partial charge in [-0.2, -0.15) is 0 Å². The summed E-state index contributed by atoms with van der Waals surface area (Å²) in [6, 6.07) is 0. The van der Waals surface area contributed by atoms with Crippen molar-refractivity contribution in [2.24, 2.45) is 0 Å². The van der Waals surface area contributed by atoms with Gasteiger partial charge < -0.3 is 14.6 Å². The highest BCUT2D eigenvalue weighted by atomic mass is 16.6. The first-order valence-electron chi connectivity index (χ1n) is 34.1. The molecule has 1 unspecified atom stereocenters. The normalized spacial score (nSPS) is 12.7. The van der Waals surface area contributed by atoms with Gasteiger partial charge in [0, 0.05) is 12.8 Å². The molecule has 5 heteroatoms. The number of aliphatic hydroxyl groups excluding tert-OH is 1. The van der Waals surface area contributed by atoms with E-state index >= 15 is 0 Å². The Hall–Kier alpha value is -2.92. The average molecular weight is 1090 g/mol. The van der Waals surface area contributed by atoms with Crippen LogP contribution in [0.25, 0.3) is 0 Å². The van der Waals surface area contributed by atoms with Crippen LogP contribution in [-0.4, -0.2) is 36.4 Å². The van der Waals surface area contributed by atoms with Gasteiger partial charge in [-0.15, -0.1) is 0 Å². The third-order valence-electron chi connectivity index (χ3n) is 15.2. The van der Waals surface area contributed by atoms with Crippen LogP contribution in [0.2, 0.25) is 0 Å². The molecule has 0 aromatic carbocycles. The Labute approximate surface area is 486 Å². The van der Waals surface area contributed by atoms with Crippen LogP contribution in [0.4, 0.5) is 0 Å². The molecule has 1 atom stereocenters. The Morgan fingerprint density at radius 3 is 0.833 bits per heavy atom. The van der Waals surface area contributed by atoms with Crippen molar-refractivity contribution < 1.29 is 24.2 Å². The number of rotatable bonds is 63. The van der Waals surface area contributed by atoms with E-state index in [-0.39, 0.29) is 25.2 Å². The monoisotopic (exact) mass is 1090 g/mol. The van der Waals surface area contributed by atoms with Crippen LogP contribution in [0.5, 0.6) is 0 Å². The molecule has 0 aromatic rings. The molecular formula is C73H130O5. The number of unbranched alkanes of at least 4 members (excludes halogenated alkanes) is 41. The molecule has 5 nitrogen and oxygen atoms in total. The zero-order valence-corrected chi connectivity index (χ0v) is 51.9. The van der Waals surface area contributed by atoms with E-state index in [0.29, 0.717) is 12.8 Å². The van der Waals surface area contributed by atoms with Crippen LogP contribution in [0.3, 0.4) is 0 Å². The summed E-state index contributed by atoms with van der Waals surface area (Å²) in [4.78, 5) is 24.6. The molecule has 1 N–H and O–H groups in total. The lowest BCUT2D eigenvalue weighted by Gasteiger charge is -2.15. The van der Waals surface area contributed by atoms with E-state index in [1.165, 1.54) is 244 Å². The fraction of sp³-hybridized carbons (Fsp3) is 0.781. The zero-order valence-electron chi connectivity index (χ0n) is 51.9. The molecule has 0 saturated carbocycles. The van der Waals surface area contributed by atoms with Gasteiger partial charge in [-0.1, -0.05) is 330 Å². The second-order valence-corrected chi connectivity index (χ2v) is 22.9. The average Bonchev–Trinajstić information content (AvgIpc) is 3.44. The lowest BCUT2D eigenvalue weighted by Crippen LogP contribution is -2.28. The van der Waals surface area contributed by atoms with Crippen molar-refractivity contribution in [3.05, 3.63) is 85.1 Å². The maximum Gasteiger partial charge on any atom is 0.306 e. The predicted octanol–water partition coefficient (Wildman–Crippen LogP) is 23.7. The highest BCUT2D eigenvalue weighted by Crippen LogP contribution is 2.18. The Morgan fingerprint density at radius 2 is 0.551 bits per heavy atom. The molecule has 0 spiro atoms. The number of hydrogen-bond acceptors (Lipinski definition) is 5. The first-order chi connectivity index (χ1) is 38.6. The Morgan fingerprint density at radius 1 is 0.308 bits per heavy atom. The van der Waals surface area contributed by atoms with E-state index in [9.17, 15) is 14.7 Å². The van der Waals surface area contributed by atoms with E-state index in [2.05, 4.69) is 98.9 Å². The van der Waals surface area contributed by atoms with Crippen molar-refractivity contribution in [1.29, 1.82) is 0 Å². The first-order valence-corrected chi connectivity index (χ1v) is 34.1. The topological polar surface area (TPSA) is 72.8 Å². The van der Waals surface area contributed by atoms with E-state index in [4.69, 9.17) is 9.47 Å². The maximum absolute atomic E-state index is 12.3. The van der Waals surface area contributed by atoms with E-state index in [1.54, 1.807) is 0 Å². The van der Waals surface area contributed by atoms with Crippen LogP contribution in [-0.2, 0) is 19.1 Å². The van der Waals surface area contributed by atoms with Crippen LogP contribution in [0, 0.1) is 0 Å². The zero-order chi connectivity index (χ0) is 56.2. The Balaban J connectivity index is 3.41. The van der Waals surface area contributed by atoms with Crippen molar-refractivity contribution >= 4 is 11.9 Å². The highest BCUT2D eigenvalue weighted by Gasteiger charge is 2.16. The third kappa shape index (κ3) is 65.6. The van der Waals surface area contributed by atoms with Crippen LogP contribution < -0.4 is 0 Å². The van der Waals surface area contributed by atoms with Crippen molar-refractivity contribution in [1.82, 2.24) is 0 Å². The molecule has 78 heavy (non-hydrogen) atoms. The van der Waals surface area contributed by atoms with Gasteiger partial charge in [-0.05, 0) is 89.9 Å². The van der Waals surface area contributed by atoms with E-state index < -0.39 is 6.10 Å². The number of hydrogen-bond donors (Lipinski definition) is 1. The van der Waals surface area contributed by atoms with E-state index in [1.807, 2.05) is 0 Å². The lowest BCUT2D eigenvalue weighted by atomic mass is 10.0. The molecule has 0 radical (unpaired) electrons. The SMILES string of the molecule is CC/C=C\C/C=C\C/C=C\C/C=C\C/C=C\CCCCCCCCCCCC(=O)OC(CO)COC(=O)CCCCCCCCCCCCCCCCCCCCCCCCCCCCC/C=C\C/C=C\CCCCCCC. The smallest absolute Gasteiger partial charge is 0.306 e. The predicted molar refractivity (Wildman–Crippen MR) is 343 cm³/mol. The van der Waals surface area contributed by atoms with Gasteiger partial charge >= 0.3 is 11.9 Å². The molecule has 0 aromatic heterocycles. The summed E-state index contributed by atoms with van der Waals surface area (Å²) < 4.78 is 10.7. The molecule has 0 heterocycles. The van der Waals surface area contributed by atoms with Crippen LogP contribution in [0.15, 0.2) is 85.1 Å². The number of carbonyl (C=O) groups excluding carboxylic acids is 2. The molecule has 0 aliphatic carbocycles. The summed E-state index contributed by atoms with van der Waals surface area (Å²) in [7, 11) is 0. The van der Waals surface area contributed by atoms with Gasteiger partial charge in [0.2, 0.25) is 0 Å². The van der Waals surface area contributed by atoms with Crippen LogP contribution >= 0.6 is 0 Å². The van der Waals surface area contributed by atoms with Crippen molar-refractivity contribution in [3.8, 4) is 0 Å².